The molecule has 0 radical (unpaired) electrons. The van der Waals surface area contributed by atoms with Crippen molar-refractivity contribution in [2.24, 2.45) is 0 Å². The lowest BCUT2D eigenvalue weighted by molar-refractivity contribution is -0.128. The third-order valence-electron chi connectivity index (χ3n) is 5.03. The predicted molar refractivity (Wildman–Crippen MR) is 118 cm³/mol. The highest BCUT2D eigenvalue weighted by Crippen LogP contribution is 2.20. The molecule has 7 heteroatoms. The number of likely N-dealkylation sites (tertiary alicyclic amines) is 1. The summed E-state index contributed by atoms with van der Waals surface area (Å²) in [7, 11) is 0. The van der Waals surface area contributed by atoms with E-state index >= 15 is 0 Å². The van der Waals surface area contributed by atoms with Gasteiger partial charge in [-0.25, -0.2) is 0 Å². The minimum atomic E-state index is -0.279. The fourth-order valence-electron chi connectivity index (χ4n) is 3.39. The van der Waals surface area contributed by atoms with Gasteiger partial charge >= 0.3 is 0 Å². The van der Waals surface area contributed by atoms with E-state index in [1.165, 1.54) is 0 Å². The van der Waals surface area contributed by atoms with E-state index in [9.17, 15) is 9.59 Å². The van der Waals surface area contributed by atoms with Crippen molar-refractivity contribution in [3.05, 3.63) is 64.7 Å². The number of para-hydroxylation sites is 1. The number of amides is 2. The number of thiocarbonyl (C=S) groups is 1. The van der Waals surface area contributed by atoms with Crippen LogP contribution in [0.5, 0.6) is 0 Å². The van der Waals surface area contributed by atoms with Gasteiger partial charge < -0.3 is 10.2 Å². The minimum Gasteiger partial charge on any atom is -0.338 e. The van der Waals surface area contributed by atoms with Gasteiger partial charge in [0.1, 0.15) is 0 Å². The molecule has 3 rings (SSSR count). The van der Waals surface area contributed by atoms with Crippen LogP contribution in [-0.2, 0) is 17.8 Å². The Bertz CT molecular complexity index is 912. The first-order chi connectivity index (χ1) is 14.0. The van der Waals surface area contributed by atoms with Crippen molar-refractivity contribution in [3.63, 3.8) is 0 Å². The van der Waals surface area contributed by atoms with Crippen LogP contribution in [0, 0.1) is 6.92 Å². The molecule has 29 heavy (non-hydrogen) atoms. The van der Waals surface area contributed by atoms with Crippen LogP contribution in [0.2, 0.25) is 0 Å². The van der Waals surface area contributed by atoms with E-state index in [2.05, 4.69) is 23.1 Å². The van der Waals surface area contributed by atoms with E-state index in [0.29, 0.717) is 23.6 Å². The molecule has 1 aliphatic heterocycles. The van der Waals surface area contributed by atoms with E-state index in [-0.39, 0.29) is 11.8 Å². The molecule has 0 aliphatic carbocycles. The minimum absolute atomic E-state index is 0.192. The van der Waals surface area contributed by atoms with Crippen LogP contribution >= 0.6 is 12.2 Å². The molecule has 2 aromatic carbocycles. The number of hydrazine groups is 1. The Hall–Kier alpha value is -2.93. The summed E-state index contributed by atoms with van der Waals surface area (Å²) in [6, 6.07) is 13.3. The Morgan fingerprint density at radius 3 is 2.55 bits per heavy atom. The maximum atomic E-state index is 12.4. The number of anilines is 1. The van der Waals surface area contributed by atoms with E-state index < -0.39 is 0 Å². The molecular weight excluding hydrogens is 384 g/mol. The lowest BCUT2D eigenvalue weighted by atomic mass is 10.1. The third-order valence-corrected chi connectivity index (χ3v) is 5.23. The summed E-state index contributed by atoms with van der Waals surface area (Å²) in [6.45, 7) is 5.49. The molecule has 3 N–H and O–H groups in total. The largest absolute Gasteiger partial charge is 0.338 e. The van der Waals surface area contributed by atoms with Crippen molar-refractivity contribution in [2.45, 2.75) is 39.7 Å². The highest BCUT2D eigenvalue weighted by atomic mass is 32.1. The molecule has 0 bridgehead atoms. The molecule has 1 fully saturated rings. The van der Waals surface area contributed by atoms with Gasteiger partial charge in [0.25, 0.3) is 5.91 Å². The molecular formula is C22H26N4O2S. The molecule has 1 saturated heterocycles. The standard InChI is InChI=1S/C22H26N4O2S/c1-3-17-7-4-6-15(2)20(17)23-22(29)25-24-21(28)18-11-9-16(10-12-18)14-26-13-5-8-19(26)27/h4,6-7,9-12H,3,5,8,13-14H2,1-2H3,(H,24,28)(H2,23,25,29). The number of carbonyl (C=O) groups is 2. The Morgan fingerprint density at radius 2 is 1.90 bits per heavy atom. The molecule has 152 valence electrons. The first-order valence-electron chi connectivity index (χ1n) is 9.80. The molecule has 1 aliphatic rings. The monoisotopic (exact) mass is 410 g/mol. The summed E-state index contributed by atoms with van der Waals surface area (Å²) in [6.07, 6.45) is 2.43. The molecule has 2 aromatic rings. The average molecular weight is 411 g/mol. The van der Waals surface area contributed by atoms with E-state index in [1.807, 2.05) is 42.2 Å². The van der Waals surface area contributed by atoms with Gasteiger partial charge in [-0.2, -0.15) is 0 Å². The van der Waals surface area contributed by atoms with E-state index in [1.54, 1.807) is 12.1 Å². The third kappa shape index (κ3) is 5.32. The Labute approximate surface area is 176 Å². The van der Waals surface area contributed by atoms with Crippen LogP contribution < -0.4 is 16.2 Å². The lowest BCUT2D eigenvalue weighted by Gasteiger charge is -2.17. The quantitative estimate of drug-likeness (QED) is 0.521. The maximum absolute atomic E-state index is 12.4. The zero-order valence-corrected chi connectivity index (χ0v) is 17.6. The van der Waals surface area contributed by atoms with Crippen molar-refractivity contribution in [2.75, 3.05) is 11.9 Å². The van der Waals surface area contributed by atoms with Crippen LogP contribution in [0.4, 0.5) is 5.69 Å². The summed E-state index contributed by atoms with van der Waals surface area (Å²) in [5, 5.41) is 3.48. The van der Waals surface area contributed by atoms with Crippen LogP contribution in [0.3, 0.4) is 0 Å². The first-order valence-corrected chi connectivity index (χ1v) is 10.2. The number of hydrogen-bond donors (Lipinski definition) is 3. The van der Waals surface area contributed by atoms with Gasteiger partial charge in [0, 0.05) is 30.8 Å². The van der Waals surface area contributed by atoms with E-state index in [4.69, 9.17) is 12.2 Å². The molecule has 0 unspecified atom stereocenters. The first kappa shape index (κ1) is 20.8. The Morgan fingerprint density at radius 1 is 1.14 bits per heavy atom. The fourth-order valence-corrected chi connectivity index (χ4v) is 3.54. The van der Waals surface area contributed by atoms with Gasteiger partial charge in [-0.15, -0.1) is 0 Å². The van der Waals surface area contributed by atoms with Crippen molar-refractivity contribution in [3.8, 4) is 0 Å². The molecule has 6 nitrogen and oxygen atoms in total. The van der Waals surface area contributed by atoms with Crippen LogP contribution in [-0.4, -0.2) is 28.4 Å². The van der Waals surface area contributed by atoms with E-state index in [0.717, 1.165) is 41.8 Å². The highest BCUT2D eigenvalue weighted by molar-refractivity contribution is 7.80. The Kier molecular flexibility index (Phi) is 6.82. The van der Waals surface area contributed by atoms with Crippen molar-refractivity contribution in [1.29, 1.82) is 0 Å². The predicted octanol–water partition coefficient (Wildman–Crippen LogP) is 3.31. The van der Waals surface area contributed by atoms with Crippen LogP contribution in [0.25, 0.3) is 0 Å². The number of benzene rings is 2. The second kappa shape index (κ2) is 9.52. The molecule has 2 amide bonds. The smallest absolute Gasteiger partial charge is 0.269 e. The second-order valence-corrected chi connectivity index (χ2v) is 7.52. The number of nitrogens with one attached hydrogen (secondary N) is 3. The molecule has 0 saturated carbocycles. The van der Waals surface area contributed by atoms with Crippen molar-refractivity contribution < 1.29 is 9.59 Å². The van der Waals surface area contributed by atoms with Crippen LogP contribution in [0.15, 0.2) is 42.5 Å². The molecule has 1 heterocycles. The number of carbonyl (C=O) groups excluding carboxylic acids is 2. The summed E-state index contributed by atoms with van der Waals surface area (Å²) in [4.78, 5) is 25.9. The SMILES string of the molecule is CCc1cccc(C)c1NC(=S)NNC(=O)c1ccc(CN2CCCC2=O)cc1. The van der Waals surface area contributed by atoms with Crippen LogP contribution in [0.1, 0.15) is 46.8 Å². The molecule has 0 aromatic heterocycles. The van der Waals surface area contributed by atoms with Gasteiger partial charge in [0.05, 0.1) is 0 Å². The van der Waals surface area contributed by atoms with Gasteiger partial charge in [0.2, 0.25) is 5.91 Å². The Balaban J connectivity index is 1.52. The zero-order chi connectivity index (χ0) is 20.8. The number of aryl methyl sites for hydroxylation is 2. The fraction of sp³-hybridized carbons (Fsp3) is 0.318. The number of rotatable bonds is 5. The van der Waals surface area contributed by atoms with Crippen molar-refractivity contribution >= 4 is 34.8 Å². The molecule has 0 spiro atoms. The maximum Gasteiger partial charge on any atom is 0.269 e. The van der Waals surface area contributed by atoms with Gasteiger partial charge in [0.15, 0.2) is 5.11 Å². The zero-order valence-electron chi connectivity index (χ0n) is 16.7. The summed E-state index contributed by atoms with van der Waals surface area (Å²) >= 11 is 5.31. The topological polar surface area (TPSA) is 73.5 Å². The van der Waals surface area contributed by atoms with Gasteiger partial charge in [-0.3, -0.25) is 20.4 Å². The normalized spacial score (nSPS) is 13.3. The van der Waals surface area contributed by atoms with Gasteiger partial charge in [-0.05, 0) is 60.8 Å². The average Bonchev–Trinajstić information content (AvgIpc) is 3.12. The summed E-state index contributed by atoms with van der Waals surface area (Å²) < 4.78 is 0. The summed E-state index contributed by atoms with van der Waals surface area (Å²) in [5.41, 5.74) is 10.1. The molecule has 0 atom stereocenters. The number of hydrogen-bond acceptors (Lipinski definition) is 3. The second-order valence-electron chi connectivity index (χ2n) is 7.11. The van der Waals surface area contributed by atoms with Crippen molar-refractivity contribution in [1.82, 2.24) is 15.8 Å². The lowest BCUT2D eigenvalue weighted by Crippen LogP contribution is -2.44. The number of nitrogens with zero attached hydrogens (tertiary/aromatic N) is 1. The summed E-state index contributed by atoms with van der Waals surface area (Å²) in [5.74, 6) is -0.0876. The van der Waals surface area contributed by atoms with Gasteiger partial charge in [-0.1, -0.05) is 37.3 Å². The highest BCUT2D eigenvalue weighted by Gasteiger charge is 2.20.